The molecule has 1 saturated heterocycles. The molecule has 1 aromatic carbocycles. The molecular weight excluding hydrogens is 270 g/mol. The predicted molar refractivity (Wildman–Crippen MR) is 79.9 cm³/mol. The van der Waals surface area contributed by atoms with Crippen LogP contribution in [0, 0.1) is 5.92 Å². The number of nitrogens with zero attached hydrogens (tertiary/aromatic N) is 1. The molecule has 0 aromatic heterocycles. The van der Waals surface area contributed by atoms with Gasteiger partial charge in [0.1, 0.15) is 6.61 Å². The lowest BCUT2D eigenvalue weighted by molar-refractivity contribution is -0.138. The van der Waals surface area contributed by atoms with E-state index < -0.39 is 5.97 Å². The summed E-state index contributed by atoms with van der Waals surface area (Å²) in [5.74, 6) is 1.05. The molecule has 116 valence electrons. The van der Waals surface area contributed by atoms with Crippen LogP contribution in [0.15, 0.2) is 24.3 Å². The van der Waals surface area contributed by atoms with Crippen molar-refractivity contribution in [2.45, 2.75) is 19.3 Å². The molecule has 1 N–H and O–H groups in total. The highest BCUT2D eigenvalue weighted by atomic mass is 16.5. The average molecular weight is 293 g/mol. The smallest absolute Gasteiger partial charge is 0.303 e. The van der Waals surface area contributed by atoms with E-state index >= 15 is 0 Å². The van der Waals surface area contributed by atoms with Gasteiger partial charge in [-0.15, -0.1) is 0 Å². The maximum absolute atomic E-state index is 10.8. The Kier molecular flexibility index (Phi) is 5.87. The average Bonchev–Trinajstić information content (AvgIpc) is 2.47. The maximum Gasteiger partial charge on any atom is 0.303 e. The van der Waals surface area contributed by atoms with E-state index in [1.807, 2.05) is 24.3 Å². The predicted octanol–water partition coefficient (Wildman–Crippen LogP) is 2.26. The lowest BCUT2D eigenvalue weighted by atomic mass is 9.95. The summed E-state index contributed by atoms with van der Waals surface area (Å²) in [6.07, 6.45) is 2.34. The molecule has 1 heterocycles. The lowest BCUT2D eigenvalue weighted by Gasteiger charge is -2.31. The number of hydrogen-bond donors (Lipinski definition) is 1. The van der Waals surface area contributed by atoms with Crippen LogP contribution in [-0.4, -0.2) is 49.3 Å². The van der Waals surface area contributed by atoms with Crippen LogP contribution in [0.25, 0.3) is 0 Å². The summed E-state index contributed by atoms with van der Waals surface area (Å²) < 4.78 is 11.0. The number of carbonyl (C=O) groups is 1. The largest absolute Gasteiger partial charge is 0.493 e. The van der Waals surface area contributed by atoms with E-state index in [1.54, 1.807) is 7.11 Å². The SMILES string of the molecule is COc1ccccc1OCCN1CCCC(CC(=O)O)C1. The number of hydrogen-bond acceptors (Lipinski definition) is 4. The fraction of sp³-hybridized carbons (Fsp3) is 0.562. The lowest BCUT2D eigenvalue weighted by Crippen LogP contribution is -2.38. The quantitative estimate of drug-likeness (QED) is 0.835. The van der Waals surface area contributed by atoms with Crippen molar-refractivity contribution in [1.29, 1.82) is 0 Å². The molecule has 0 amide bonds. The van der Waals surface area contributed by atoms with Crippen molar-refractivity contribution in [2.24, 2.45) is 5.92 Å². The normalized spacial score (nSPS) is 19.2. The molecule has 1 aromatic rings. The van der Waals surface area contributed by atoms with E-state index in [0.717, 1.165) is 44.0 Å². The number of ether oxygens (including phenoxy) is 2. The van der Waals surface area contributed by atoms with E-state index in [-0.39, 0.29) is 12.3 Å². The van der Waals surface area contributed by atoms with Crippen molar-refractivity contribution in [3.63, 3.8) is 0 Å². The number of carboxylic acids is 1. The van der Waals surface area contributed by atoms with Gasteiger partial charge in [-0.3, -0.25) is 9.69 Å². The van der Waals surface area contributed by atoms with E-state index in [0.29, 0.717) is 6.61 Å². The van der Waals surface area contributed by atoms with Crippen LogP contribution >= 0.6 is 0 Å². The first kappa shape index (κ1) is 15.6. The minimum atomic E-state index is -0.702. The molecule has 0 saturated carbocycles. The van der Waals surface area contributed by atoms with Crippen LogP contribution in [0.1, 0.15) is 19.3 Å². The van der Waals surface area contributed by atoms with Gasteiger partial charge in [-0.1, -0.05) is 12.1 Å². The molecule has 1 fully saturated rings. The summed E-state index contributed by atoms with van der Waals surface area (Å²) in [5, 5.41) is 8.88. The summed E-state index contributed by atoms with van der Waals surface area (Å²) in [5.41, 5.74) is 0. The van der Waals surface area contributed by atoms with Crippen LogP contribution in [-0.2, 0) is 4.79 Å². The highest BCUT2D eigenvalue weighted by Crippen LogP contribution is 2.26. The summed E-state index contributed by atoms with van der Waals surface area (Å²) in [4.78, 5) is 13.1. The van der Waals surface area contributed by atoms with Crippen molar-refractivity contribution in [2.75, 3.05) is 33.4 Å². The van der Waals surface area contributed by atoms with Gasteiger partial charge in [-0.05, 0) is 37.4 Å². The number of aliphatic carboxylic acids is 1. The Morgan fingerprint density at radius 1 is 1.38 bits per heavy atom. The number of piperidine rings is 1. The van der Waals surface area contributed by atoms with Gasteiger partial charge in [-0.25, -0.2) is 0 Å². The van der Waals surface area contributed by atoms with Gasteiger partial charge in [0.25, 0.3) is 0 Å². The Bertz CT molecular complexity index is 463. The van der Waals surface area contributed by atoms with Crippen LogP contribution in [0.3, 0.4) is 0 Å². The van der Waals surface area contributed by atoms with Gasteiger partial charge in [0.05, 0.1) is 7.11 Å². The second kappa shape index (κ2) is 7.88. The number of methoxy groups -OCH3 is 1. The molecule has 0 spiro atoms. The summed E-state index contributed by atoms with van der Waals surface area (Å²) in [7, 11) is 1.63. The minimum absolute atomic E-state index is 0.266. The number of likely N-dealkylation sites (tertiary alicyclic amines) is 1. The van der Waals surface area contributed by atoms with Gasteiger partial charge in [0, 0.05) is 19.5 Å². The zero-order chi connectivity index (χ0) is 15.1. The molecular formula is C16H23NO4. The summed E-state index contributed by atoms with van der Waals surface area (Å²) >= 11 is 0. The van der Waals surface area contributed by atoms with Crippen LogP contribution in [0.2, 0.25) is 0 Å². The minimum Gasteiger partial charge on any atom is -0.493 e. The first-order valence-corrected chi connectivity index (χ1v) is 7.39. The highest BCUT2D eigenvalue weighted by Gasteiger charge is 2.21. The number of carboxylic acid groups (broad SMARTS) is 1. The highest BCUT2D eigenvalue weighted by molar-refractivity contribution is 5.67. The Labute approximate surface area is 125 Å². The van der Waals surface area contributed by atoms with Crippen LogP contribution < -0.4 is 9.47 Å². The third kappa shape index (κ3) is 4.93. The van der Waals surface area contributed by atoms with E-state index in [4.69, 9.17) is 14.6 Å². The Morgan fingerprint density at radius 2 is 2.14 bits per heavy atom. The number of benzene rings is 1. The Balaban J connectivity index is 1.76. The Morgan fingerprint density at radius 3 is 2.86 bits per heavy atom. The van der Waals surface area contributed by atoms with Crippen molar-refractivity contribution in [3.05, 3.63) is 24.3 Å². The third-order valence-electron chi connectivity index (χ3n) is 3.80. The number of rotatable bonds is 7. The molecule has 0 radical (unpaired) electrons. The van der Waals surface area contributed by atoms with Gasteiger partial charge in [0.2, 0.25) is 0 Å². The van der Waals surface area contributed by atoms with Gasteiger partial charge in [0.15, 0.2) is 11.5 Å². The van der Waals surface area contributed by atoms with Crippen molar-refractivity contribution in [1.82, 2.24) is 4.90 Å². The molecule has 0 bridgehead atoms. The molecule has 5 nitrogen and oxygen atoms in total. The first-order chi connectivity index (χ1) is 10.2. The standard InChI is InChI=1S/C16H23NO4/c1-20-14-6-2-3-7-15(14)21-10-9-17-8-4-5-13(12-17)11-16(18)19/h2-3,6-7,13H,4-5,8-12H2,1H3,(H,18,19). The summed E-state index contributed by atoms with van der Waals surface area (Å²) in [6.45, 7) is 3.27. The topological polar surface area (TPSA) is 59.0 Å². The zero-order valence-electron chi connectivity index (χ0n) is 12.5. The fourth-order valence-corrected chi connectivity index (χ4v) is 2.79. The fourth-order valence-electron chi connectivity index (χ4n) is 2.79. The van der Waals surface area contributed by atoms with Gasteiger partial charge < -0.3 is 14.6 Å². The third-order valence-corrected chi connectivity index (χ3v) is 3.80. The van der Waals surface area contributed by atoms with Crippen molar-refractivity contribution >= 4 is 5.97 Å². The molecule has 1 atom stereocenters. The van der Waals surface area contributed by atoms with Crippen molar-refractivity contribution in [3.8, 4) is 11.5 Å². The molecule has 1 unspecified atom stereocenters. The van der Waals surface area contributed by atoms with E-state index in [1.165, 1.54) is 0 Å². The first-order valence-electron chi connectivity index (χ1n) is 7.39. The summed E-state index contributed by atoms with van der Waals surface area (Å²) in [6, 6.07) is 7.59. The number of para-hydroxylation sites is 2. The molecule has 5 heteroatoms. The Hall–Kier alpha value is -1.75. The van der Waals surface area contributed by atoms with E-state index in [2.05, 4.69) is 4.90 Å². The second-order valence-corrected chi connectivity index (χ2v) is 5.41. The molecule has 0 aliphatic carbocycles. The molecule has 1 aliphatic heterocycles. The molecule has 1 aliphatic rings. The molecule has 21 heavy (non-hydrogen) atoms. The molecule has 2 rings (SSSR count). The zero-order valence-corrected chi connectivity index (χ0v) is 12.5. The van der Waals surface area contributed by atoms with Gasteiger partial charge >= 0.3 is 5.97 Å². The van der Waals surface area contributed by atoms with E-state index in [9.17, 15) is 4.79 Å². The second-order valence-electron chi connectivity index (χ2n) is 5.41. The van der Waals surface area contributed by atoms with Crippen molar-refractivity contribution < 1.29 is 19.4 Å². The van der Waals surface area contributed by atoms with Gasteiger partial charge in [-0.2, -0.15) is 0 Å². The van der Waals surface area contributed by atoms with Crippen LogP contribution in [0.4, 0.5) is 0 Å². The monoisotopic (exact) mass is 293 g/mol. The maximum atomic E-state index is 10.8. The van der Waals surface area contributed by atoms with Crippen LogP contribution in [0.5, 0.6) is 11.5 Å².